The number of anilines is 1. The zero-order valence-corrected chi connectivity index (χ0v) is 22.3. The lowest BCUT2D eigenvalue weighted by Gasteiger charge is -2.57. The number of aliphatic carboxylic acids is 1. The van der Waals surface area contributed by atoms with Gasteiger partial charge in [-0.25, -0.2) is 9.59 Å². The molecule has 0 saturated heterocycles. The Hall–Kier alpha value is -3.56. The molecular formula is C30H36F3N3O4. The van der Waals surface area contributed by atoms with Gasteiger partial charge in [-0.3, -0.25) is 4.99 Å². The number of benzene rings is 2. The van der Waals surface area contributed by atoms with E-state index in [-0.39, 0.29) is 5.56 Å². The van der Waals surface area contributed by atoms with Crippen molar-refractivity contribution in [1.82, 2.24) is 5.32 Å². The number of guanidine groups is 1. The molecule has 4 aliphatic rings. The molecule has 4 bridgehead atoms. The van der Waals surface area contributed by atoms with E-state index < -0.39 is 18.1 Å². The third-order valence-corrected chi connectivity index (χ3v) is 8.26. The van der Waals surface area contributed by atoms with E-state index in [1.807, 2.05) is 6.07 Å². The number of nitrogens with zero attached hydrogens (tertiary/aromatic N) is 1. The number of carbonyl (C=O) groups is 2. The van der Waals surface area contributed by atoms with Crippen molar-refractivity contribution in [3.63, 3.8) is 0 Å². The minimum absolute atomic E-state index is 0.290. The van der Waals surface area contributed by atoms with Gasteiger partial charge in [-0.05, 0) is 104 Å². The Morgan fingerprint density at radius 2 is 1.45 bits per heavy atom. The number of rotatable bonds is 8. The van der Waals surface area contributed by atoms with Crippen molar-refractivity contribution in [2.45, 2.75) is 57.5 Å². The summed E-state index contributed by atoms with van der Waals surface area (Å²) in [6.45, 7) is 1.63. The topological polar surface area (TPSA) is 111 Å². The highest BCUT2D eigenvalue weighted by atomic mass is 19.4. The van der Waals surface area contributed by atoms with Gasteiger partial charge >= 0.3 is 18.1 Å². The Balaban J connectivity index is 0.000000470. The summed E-state index contributed by atoms with van der Waals surface area (Å²) in [5, 5.41) is 23.2. The van der Waals surface area contributed by atoms with E-state index in [1.165, 1.54) is 50.5 Å². The van der Waals surface area contributed by atoms with E-state index in [4.69, 9.17) is 20.0 Å². The fourth-order valence-corrected chi connectivity index (χ4v) is 6.94. The van der Waals surface area contributed by atoms with Crippen LogP contribution in [0.5, 0.6) is 0 Å². The zero-order chi connectivity index (χ0) is 28.8. The van der Waals surface area contributed by atoms with Crippen LogP contribution >= 0.6 is 0 Å². The molecule has 4 aliphatic carbocycles. The number of alkyl halides is 3. The van der Waals surface area contributed by atoms with Gasteiger partial charge in [0.05, 0.1) is 5.56 Å². The average Bonchev–Trinajstić information content (AvgIpc) is 2.88. The van der Waals surface area contributed by atoms with Gasteiger partial charge in [-0.2, -0.15) is 13.2 Å². The Bertz CT molecular complexity index is 1150. The fourth-order valence-electron chi connectivity index (χ4n) is 6.94. The summed E-state index contributed by atoms with van der Waals surface area (Å²) in [7, 11) is 0. The second-order valence-electron chi connectivity index (χ2n) is 11.4. The summed E-state index contributed by atoms with van der Waals surface area (Å²) >= 11 is 0. The average molecular weight is 560 g/mol. The Morgan fingerprint density at radius 1 is 0.900 bits per heavy atom. The molecule has 216 valence electrons. The SMILES string of the molecule is O=C(O)C(F)(F)F.O=C(O)c1ccc(NC(=NCCC23CC4CC(CC(C4)C2)C3)NCCc2ccccc2)cc1. The molecule has 4 saturated carbocycles. The molecule has 2 aromatic carbocycles. The Kier molecular flexibility index (Phi) is 9.37. The van der Waals surface area contributed by atoms with Gasteiger partial charge in [0.25, 0.3) is 0 Å². The van der Waals surface area contributed by atoms with Crippen molar-refractivity contribution in [3.05, 3.63) is 65.7 Å². The van der Waals surface area contributed by atoms with Gasteiger partial charge in [-0.1, -0.05) is 30.3 Å². The second kappa shape index (κ2) is 12.7. The smallest absolute Gasteiger partial charge is 0.478 e. The molecular weight excluding hydrogens is 523 g/mol. The number of carboxylic acid groups (broad SMARTS) is 2. The van der Waals surface area contributed by atoms with Crippen LogP contribution in [-0.2, 0) is 11.2 Å². The molecule has 10 heteroatoms. The van der Waals surface area contributed by atoms with Crippen molar-refractivity contribution in [1.29, 1.82) is 0 Å². The largest absolute Gasteiger partial charge is 0.490 e. The summed E-state index contributed by atoms with van der Waals surface area (Å²) in [6.07, 6.45) is 5.68. The minimum Gasteiger partial charge on any atom is -0.478 e. The summed E-state index contributed by atoms with van der Waals surface area (Å²) in [5.41, 5.74) is 2.96. The van der Waals surface area contributed by atoms with E-state index in [1.54, 1.807) is 24.3 Å². The summed E-state index contributed by atoms with van der Waals surface area (Å²) in [5.74, 6) is 0.0111. The molecule has 0 radical (unpaired) electrons. The lowest BCUT2D eigenvalue weighted by Crippen LogP contribution is -2.46. The monoisotopic (exact) mass is 559 g/mol. The number of aliphatic imine (C=N–C) groups is 1. The highest BCUT2D eigenvalue weighted by Gasteiger charge is 2.50. The van der Waals surface area contributed by atoms with Crippen molar-refractivity contribution >= 4 is 23.6 Å². The molecule has 6 rings (SSSR count). The lowest BCUT2D eigenvalue weighted by molar-refractivity contribution is -0.192. The first-order chi connectivity index (χ1) is 19.0. The van der Waals surface area contributed by atoms with Crippen LogP contribution in [-0.4, -0.2) is 47.4 Å². The molecule has 0 aromatic heterocycles. The molecule has 4 fully saturated rings. The number of halogens is 3. The maximum absolute atomic E-state index is 11.2. The van der Waals surface area contributed by atoms with E-state index in [9.17, 15) is 18.0 Å². The number of hydrogen-bond donors (Lipinski definition) is 4. The Morgan fingerprint density at radius 3 is 1.95 bits per heavy atom. The molecule has 0 atom stereocenters. The highest BCUT2D eigenvalue weighted by Crippen LogP contribution is 2.61. The number of hydrogen-bond acceptors (Lipinski definition) is 3. The first-order valence-corrected chi connectivity index (χ1v) is 13.7. The van der Waals surface area contributed by atoms with Gasteiger partial charge in [-0.15, -0.1) is 0 Å². The van der Waals surface area contributed by atoms with Crippen LogP contribution in [0.3, 0.4) is 0 Å². The maximum Gasteiger partial charge on any atom is 0.490 e. The van der Waals surface area contributed by atoms with Crippen molar-refractivity contribution in [3.8, 4) is 0 Å². The molecule has 4 N–H and O–H groups in total. The summed E-state index contributed by atoms with van der Waals surface area (Å²) < 4.78 is 31.7. The van der Waals surface area contributed by atoms with E-state index in [2.05, 4.69) is 34.9 Å². The molecule has 0 heterocycles. The molecule has 7 nitrogen and oxygen atoms in total. The molecule has 0 spiro atoms. The zero-order valence-electron chi connectivity index (χ0n) is 22.3. The number of nitrogens with one attached hydrogen (secondary N) is 2. The summed E-state index contributed by atoms with van der Waals surface area (Å²) in [4.78, 5) is 25.0. The molecule has 40 heavy (non-hydrogen) atoms. The van der Waals surface area contributed by atoms with Crippen LogP contribution in [0.2, 0.25) is 0 Å². The minimum atomic E-state index is -5.08. The summed E-state index contributed by atoms with van der Waals surface area (Å²) in [6, 6.07) is 17.3. The van der Waals surface area contributed by atoms with Crippen LogP contribution in [0.25, 0.3) is 0 Å². The fraction of sp³-hybridized carbons (Fsp3) is 0.500. The quantitative estimate of drug-likeness (QED) is 0.226. The predicted octanol–water partition coefficient (Wildman–Crippen LogP) is 6.22. The van der Waals surface area contributed by atoms with Crippen molar-refractivity contribution < 1.29 is 33.0 Å². The van der Waals surface area contributed by atoms with Crippen LogP contribution in [0.4, 0.5) is 18.9 Å². The molecule has 2 aromatic rings. The van der Waals surface area contributed by atoms with E-state index in [0.29, 0.717) is 5.41 Å². The van der Waals surface area contributed by atoms with Crippen LogP contribution in [0.1, 0.15) is 60.9 Å². The van der Waals surface area contributed by atoms with Gasteiger partial charge in [0.15, 0.2) is 5.96 Å². The normalized spacial score (nSPS) is 25.1. The number of carboxylic acids is 2. The van der Waals surface area contributed by atoms with E-state index >= 15 is 0 Å². The lowest BCUT2D eigenvalue weighted by atomic mass is 9.49. The third-order valence-electron chi connectivity index (χ3n) is 8.26. The van der Waals surface area contributed by atoms with Crippen molar-refractivity contribution in [2.24, 2.45) is 28.2 Å². The molecule has 0 unspecified atom stereocenters. The third kappa shape index (κ3) is 8.22. The second-order valence-corrected chi connectivity index (χ2v) is 11.4. The van der Waals surface area contributed by atoms with Crippen molar-refractivity contribution in [2.75, 3.05) is 18.4 Å². The van der Waals surface area contributed by atoms with Crippen LogP contribution in [0, 0.1) is 23.2 Å². The van der Waals surface area contributed by atoms with Crippen LogP contribution in [0.15, 0.2) is 59.6 Å². The molecule has 0 amide bonds. The van der Waals surface area contributed by atoms with Gasteiger partial charge in [0.1, 0.15) is 0 Å². The number of aromatic carboxylic acids is 1. The van der Waals surface area contributed by atoms with Gasteiger partial charge in [0.2, 0.25) is 0 Å². The first-order valence-electron chi connectivity index (χ1n) is 13.7. The van der Waals surface area contributed by atoms with E-state index in [0.717, 1.165) is 48.9 Å². The maximum atomic E-state index is 11.2. The van der Waals surface area contributed by atoms with Crippen LogP contribution < -0.4 is 10.6 Å². The Labute approximate surface area is 231 Å². The standard InChI is InChI=1S/C28H35N3O2.C2HF3O2/c32-26(33)24-6-8-25(9-7-24)31-27(29-12-10-20-4-2-1-3-5-20)30-13-11-28-17-21-14-22(18-28)16-23(15-21)19-28;3-2(4,5)1(6)7/h1-9,21-23H,10-19H2,(H,32,33)(H2,29,30,31);(H,6,7). The molecule has 0 aliphatic heterocycles. The van der Waals surface area contributed by atoms with Gasteiger partial charge < -0.3 is 20.8 Å². The predicted molar refractivity (Wildman–Crippen MR) is 146 cm³/mol. The highest BCUT2D eigenvalue weighted by molar-refractivity contribution is 5.94. The first kappa shape index (κ1) is 29.4. The van der Waals surface area contributed by atoms with Gasteiger partial charge in [0, 0.05) is 18.8 Å².